The number of hydrogen-bond donors (Lipinski definition) is 0. The van der Waals surface area contributed by atoms with E-state index in [0.29, 0.717) is 12.8 Å². The van der Waals surface area contributed by atoms with Crippen molar-refractivity contribution in [2.45, 2.75) is 52.6 Å². The summed E-state index contributed by atoms with van der Waals surface area (Å²) in [5.74, 6) is 0.164. The van der Waals surface area contributed by atoms with Crippen LogP contribution in [0.25, 0.3) is 0 Å². The molecule has 0 radical (unpaired) electrons. The molecular weight excluding hydrogens is 127 g/mol. The molecule has 0 fully saturated rings. The lowest BCUT2D eigenvalue weighted by atomic mass is 9.86. The first-order valence-electron chi connectivity index (χ1n) is 4.25. The molecule has 62 valence electrons. The minimum atomic E-state index is -0.908. The van der Waals surface area contributed by atoms with E-state index in [9.17, 15) is 4.39 Å². The van der Waals surface area contributed by atoms with Crippen molar-refractivity contribution in [2.75, 3.05) is 0 Å². The van der Waals surface area contributed by atoms with E-state index in [4.69, 9.17) is 0 Å². The normalized spacial score (nSPS) is 17.4. The summed E-state index contributed by atoms with van der Waals surface area (Å²) in [6, 6.07) is 0. The Morgan fingerprint density at radius 1 is 1.30 bits per heavy atom. The molecule has 10 heavy (non-hydrogen) atoms. The van der Waals surface area contributed by atoms with Gasteiger partial charge in [-0.05, 0) is 18.8 Å². The van der Waals surface area contributed by atoms with Gasteiger partial charge in [0.2, 0.25) is 0 Å². The second-order valence-corrected chi connectivity index (χ2v) is 3.29. The summed E-state index contributed by atoms with van der Waals surface area (Å²) in [6.45, 7) is 7.88. The van der Waals surface area contributed by atoms with Gasteiger partial charge in [0.15, 0.2) is 0 Å². The highest BCUT2D eigenvalue weighted by molar-refractivity contribution is 4.79. The molecule has 0 bridgehead atoms. The van der Waals surface area contributed by atoms with Gasteiger partial charge in [-0.1, -0.05) is 34.1 Å². The monoisotopic (exact) mass is 146 g/mol. The first-order valence-corrected chi connectivity index (χ1v) is 4.25. The predicted molar refractivity (Wildman–Crippen MR) is 43.9 cm³/mol. The van der Waals surface area contributed by atoms with Crippen LogP contribution in [-0.4, -0.2) is 5.67 Å². The minimum Gasteiger partial charge on any atom is -0.244 e. The maximum absolute atomic E-state index is 13.6. The molecule has 0 aliphatic carbocycles. The van der Waals surface area contributed by atoms with Crippen molar-refractivity contribution in [1.29, 1.82) is 0 Å². The third-order valence-electron chi connectivity index (χ3n) is 2.29. The van der Waals surface area contributed by atoms with Gasteiger partial charge in [0, 0.05) is 0 Å². The van der Waals surface area contributed by atoms with Crippen LogP contribution in [0.2, 0.25) is 0 Å². The van der Waals surface area contributed by atoms with Gasteiger partial charge < -0.3 is 0 Å². The van der Waals surface area contributed by atoms with Gasteiger partial charge in [-0.3, -0.25) is 0 Å². The first-order chi connectivity index (χ1) is 4.56. The summed E-state index contributed by atoms with van der Waals surface area (Å²) < 4.78 is 13.6. The quantitative estimate of drug-likeness (QED) is 0.569. The molecule has 0 aliphatic heterocycles. The van der Waals surface area contributed by atoms with E-state index in [2.05, 4.69) is 0 Å². The van der Waals surface area contributed by atoms with Crippen LogP contribution >= 0.6 is 0 Å². The summed E-state index contributed by atoms with van der Waals surface area (Å²) in [4.78, 5) is 0. The van der Waals surface area contributed by atoms with E-state index < -0.39 is 5.67 Å². The molecule has 0 heterocycles. The van der Waals surface area contributed by atoms with E-state index in [-0.39, 0.29) is 5.92 Å². The first kappa shape index (κ1) is 9.93. The zero-order chi connectivity index (χ0) is 8.20. The second kappa shape index (κ2) is 3.95. The number of hydrogen-bond acceptors (Lipinski definition) is 0. The summed E-state index contributed by atoms with van der Waals surface area (Å²) >= 11 is 0. The van der Waals surface area contributed by atoms with Gasteiger partial charge in [-0.2, -0.15) is 0 Å². The van der Waals surface area contributed by atoms with Crippen molar-refractivity contribution in [3.05, 3.63) is 0 Å². The van der Waals surface area contributed by atoms with Gasteiger partial charge in [0.1, 0.15) is 5.67 Å². The van der Waals surface area contributed by atoms with E-state index in [1.807, 2.05) is 27.7 Å². The highest BCUT2D eigenvalue weighted by Gasteiger charge is 2.29. The Kier molecular flexibility index (Phi) is 3.92. The van der Waals surface area contributed by atoms with Crippen molar-refractivity contribution < 1.29 is 4.39 Å². The molecule has 0 saturated carbocycles. The van der Waals surface area contributed by atoms with Crippen molar-refractivity contribution in [2.24, 2.45) is 5.92 Å². The van der Waals surface area contributed by atoms with Crippen molar-refractivity contribution >= 4 is 0 Å². The molecule has 0 aromatic carbocycles. The summed E-state index contributed by atoms with van der Waals surface area (Å²) in [7, 11) is 0. The van der Waals surface area contributed by atoms with Crippen molar-refractivity contribution in [1.82, 2.24) is 0 Å². The SMILES string of the molecule is CCCC(F)(CC)C(C)C. The molecule has 0 N–H and O–H groups in total. The van der Waals surface area contributed by atoms with Gasteiger partial charge in [0.25, 0.3) is 0 Å². The average molecular weight is 146 g/mol. The molecule has 0 aliphatic rings. The van der Waals surface area contributed by atoms with Crippen molar-refractivity contribution in [3.8, 4) is 0 Å². The molecule has 0 spiro atoms. The fourth-order valence-electron chi connectivity index (χ4n) is 1.29. The Balaban J connectivity index is 3.94. The van der Waals surface area contributed by atoms with Crippen molar-refractivity contribution in [3.63, 3.8) is 0 Å². The van der Waals surface area contributed by atoms with Gasteiger partial charge in [-0.25, -0.2) is 4.39 Å². The molecule has 0 amide bonds. The molecule has 0 aromatic rings. The molecular formula is C9H19F. The van der Waals surface area contributed by atoms with Gasteiger partial charge >= 0.3 is 0 Å². The lowest BCUT2D eigenvalue weighted by molar-refractivity contribution is 0.0834. The lowest BCUT2D eigenvalue weighted by Gasteiger charge is -2.27. The van der Waals surface area contributed by atoms with Gasteiger partial charge in [-0.15, -0.1) is 0 Å². The van der Waals surface area contributed by atoms with Crippen LogP contribution in [-0.2, 0) is 0 Å². The molecule has 0 aromatic heterocycles. The van der Waals surface area contributed by atoms with E-state index in [1.54, 1.807) is 0 Å². The van der Waals surface area contributed by atoms with Crippen LogP contribution in [0, 0.1) is 5.92 Å². The van der Waals surface area contributed by atoms with E-state index in [1.165, 1.54) is 0 Å². The third kappa shape index (κ3) is 2.28. The Bertz CT molecular complexity index is 88.7. The van der Waals surface area contributed by atoms with E-state index >= 15 is 0 Å². The predicted octanol–water partition coefficient (Wildman–Crippen LogP) is 3.56. The van der Waals surface area contributed by atoms with Crippen LogP contribution in [0.3, 0.4) is 0 Å². The summed E-state index contributed by atoms with van der Waals surface area (Å²) in [5.41, 5.74) is -0.908. The van der Waals surface area contributed by atoms with Crippen LogP contribution in [0.5, 0.6) is 0 Å². The van der Waals surface area contributed by atoms with Crippen LogP contribution in [0.1, 0.15) is 47.0 Å². The highest BCUT2D eigenvalue weighted by atomic mass is 19.1. The zero-order valence-corrected chi connectivity index (χ0v) is 7.58. The Hall–Kier alpha value is -0.0700. The van der Waals surface area contributed by atoms with Crippen LogP contribution in [0.15, 0.2) is 0 Å². The Morgan fingerprint density at radius 3 is 1.90 bits per heavy atom. The maximum Gasteiger partial charge on any atom is 0.113 e. The van der Waals surface area contributed by atoms with Gasteiger partial charge in [0.05, 0.1) is 0 Å². The molecule has 1 atom stereocenters. The smallest absolute Gasteiger partial charge is 0.113 e. The van der Waals surface area contributed by atoms with Crippen LogP contribution in [0.4, 0.5) is 4.39 Å². The molecule has 0 nitrogen and oxygen atoms in total. The Labute approximate surface area is 63.8 Å². The molecule has 0 rings (SSSR count). The molecule has 1 heteroatoms. The molecule has 0 saturated heterocycles. The fourth-order valence-corrected chi connectivity index (χ4v) is 1.29. The number of rotatable bonds is 4. The second-order valence-electron chi connectivity index (χ2n) is 3.29. The van der Waals surface area contributed by atoms with Crippen LogP contribution < -0.4 is 0 Å². The Morgan fingerprint density at radius 2 is 1.80 bits per heavy atom. The average Bonchev–Trinajstić information content (AvgIpc) is 1.88. The summed E-state index contributed by atoms with van der Waals surface area (Å²) in [6.07, 6.45) is 2.31. The zero-order valence-electron chi connectivity index (χ0n) is 7.58. The lowest BCUT2D eigenvalue weighted by Crippen LogP contribution is -2.28. The molecule has 1 unspecified atom stereocenters. The number of halogens is 1. The number of alkyl halides is 1. The van der Waals surface area contributed by atoms with E-state index in [0.717, 1.165) is 6.42 Å². The largest absolute Gasteiger partial charge is 0.244 e. The minimum absolute atomic E-state index is 0.164. The standard InChI is InChI=1S/C9H19F/c1-5-7-9(10,6-2)8(3)4/h8H,5-7H2,1-4H3. The highest BCUT2D eigenvalue weighted by Crippen LogP contribution is 2.30. The fraction of sp³-hybridized carbons (Fsp3) is 1.00. The summed E-state index contributed by atoms with van der Waals surface area (Å²) in [5, 5.41) is 0. The topological polar surface area (TPSA) is 0 Å². The third-order valence-corrected chi connectivity index (χ3v) is 2.29. The maximum atomic E-state index is 13.6.